The zero-order chi connectivity index (χ0) is 30.7. The maximum Gasteiger partial charge on any atom is 0.0575 e. The van der Waals surface area contributed by atoms with Crippen molar-refractivity contribution < 1.29 is 19.8 Å². The number of rotatable bonds is 32. The number of carboxylic acid groups (broad SMARTS) is 2. The van der Waals surface area contributed by atoms with Gasteiger partial charge in [0.05, 0.1) is 21.4 Å². The van der Waals surface area contributed by atoms with Crippen molar-refractivity contribution in [1.29, 1.82) is 0 Å². The van der Waals surface area contributed by atoms with Gasteiger partial charge in [0.25, 0.3) is 0 Å². The van der Waals surface area contributed by atoms with E-state index in [0.29, 0.717) is 25.7 Å². The molecule has 0 N–H and O–H groups in total. The average molecular weight is 597 g/mol. The van der Waals surface area contributed by atoms with Crippen LogP contribution >= 0.6 is 11.8 Å². The monoisotopic (exact) mass is 596 g/mol. The Hall–Kier alpha value is -0.710. The molecule has 0 aliphatic carbocycles. The van der Waals surface area contributed by atoms with E-state index in [9.17, 15) is 19.8 Å². The quantitative estimate of drug-likeness (QED) is 0.0722. The summed E-state index contributed by atoms with van der Waals surface area (Å²) in [4.78, 5) is 24.9. The van der Waals surface area contributed by atoms with Gasteiger partial charge in [0.15, 0.2) is 0 Å². The smallest absolute Gasteiger partial charge is 0.0575 e. The van der Waals surface area contributed by atoms with Gasteiger partial charge in [-0.1, -0.05) is 182 Å². The Morgan fingerprint density at radius 2 is 0.634 bits per heavy atom. The average Bonchev–Trinajstić information content (AvgIpc) is 2.96. The molecular weight excluding hydrogens is 528 g/mol. The molecule has 0 fully saturated rings. The van der Waals surface area contributed by atoms with Crippen molar-refractivity contribution in [2.75, 3.05) is 0 Å². The Bertz CT molecular complexity index is 573. The molecule has 0 rings (SSSR count). The minimum Gasteiger partial charge on any atom is -0.549 e. The van der Waals surface area contributed by atoms with E-state index in [0.717, 1.165) is 50.3 Å². The normalized spacial score (nSPS) is 14.5. The molecule has 0 saturated heterocycles. The van der Waals surface area contributed by atoms with Gasteiger partial charge in [0, 0.05) is 0 Å². The Labute approximate surface area is 260 Å². The summed E-state index contributed by atoms with van der Waals surface area (Å²) < 4.78 is -2.32. The molecule has 0 bridgehead atoms. The number of hydrogen-bond acceptors (Lipinski definition) is 5. The van der Waals surface area contributed by atoms with Gasteiger partial charge >= 0.3 is 0 Å². The van der Waals surface area contributed by atoms with Gasteiger partial charge < -0.3 is 19.8 Å². The molecule has 244 valence electrons. The summed E-state index contributed by atoms with van der Waals surface area (Å²) in [6.45, 7) is 8.23. The minimum atomic E-state index is -1.16. The van der Waals surface area contributed by atoms with Gasteiger partial charge in [-0.05, 0) is 25.7 Å². The molecule has 2 atom stereocenters. The van der Waals surface area contributed by atoms with Crippen LogP contribution in [0.25, 0.3) is 0 Å². The summed E-state index contributed by atoms with van der Waals surface area (Å²) >= 11 is 1.14. The van der Waals surface area contributed by atoms with Gasteiger partial charge in [-0.15, -0.1) is 11.8 Å². The van der Waals surface area contributed by atoms with Crippen LogP contribution in [0, 0.1) is 0 Å². The molecule has 4 nitrogen and oxygen atoms in total. The van der Waals surface area contributed by atoms with Gasteiger partial charge in [0.2, 0.25) is 0 Å². The van der Waals surface area contributed by atoms with Crippen molar-refractivity contribution in [2.45, 2.75) is 217 Å². The van der Waals surface area contributed by atoms with Gasteiger partial charge in [0.1, 0.15) is 0 Å². The highest BCUT2D eigenvalue weighted by Crippen LogP contribution is 2.46. The van der Waals surface area contributed by atoms with Crippen molar-refractivity contribution in [3.63, 3.8) is 0 Å². The van der Waals surface area contributed by atoms with E-state index < -0.39 is 21.4 Å². The predicted molar refractivity (Wildman–Crippen MR) is 175 cm³/mol. The number of carbonyl (C=O) groups excluding carboxylic acids is 2. The Morgan fingerprint density at radius 3 is 0.829 bits per heavy atom. The van der Waals surface area contributed by atoms with E-state index in [1.165, 1.54) is 116 Å². The number of carboxylic acids is 2. The second kappa shape index (κ2) is 26.9. The molecule has 0 heterocycles. The van der Waals surface area contributed by atoms with Gasteiger partial charge in [-0.25, -0.2) is 0 Å². The first-order valence-corrected chi connectivity index (χ1v) is 18.8. The topological polar surface area (TPSA) is 80.3 Å². The number of aliphatic carboxylic acids is 2. The molecule has 0 aromatic carbocycles. The maximum atomic E-state index is 12.4. The molecule has 0 aliphatic heterocycles. The fourth-order valence-electron chi connectivity index (χ4n) is 6.05. The van der Waals surface area contributed by atoms with Crippen LogP contribution in [0.1, 0.15) is 207 Å². The number of carbonyl (C=O) groups is 2. The molecule has 0 aliphatic rings. The molecule has 5 heteroatoms. The molecule has 0 amide bonds. The minimum absolute atomic E-state index is 0.380. The summed E-state index contributed by atoms with van der Waals surface area (Å²) in [6.07, 6.45) is 31.1. The standard InChI is InChI=1S/C36H70O4S/c1-5-9-11-13-15-17-19-21-23-25-27-29-31-35(7-3,33(37)38)41-36(8-4,34(39)40)32-30-28-26-24-22-20-18-16-14-12-10-6-2/h5-32H2,1-4H3,(H,37,38)(H,39,40)/p-2. The molecule has 0 radical (unpaired) electrons. The predicted octanol–water partition coefficient (Wildman–Crippen LogP) is 9.70. The Balaban J connectivity index is 4.50. The lowest BCUT2D eigenvalue weighted by atomic mass is 9.95. The number of thioether (sulfide) groups is 1. The van der Waals surface area contributed by atoms with Crippen molar-refractivity contribution >= 4 is 23.7 Å². The van der Waals surface area contributed by atoms with E-state index >= 15 is 0 Å². The summed E-state index contributed by atoms with van der Waals surface area (Å²) in [5.74, 6) is -2.22. The van der Waals surface area contributed by atoms with Crippen molar-refractivity contribution in [3.8, 4) is 0 Å². The molecule has 2 unspecified atom stereocenters. The van der Waals surface area contributed by atoms with Crippen LogP contribution in [0.5, 0.6) is 0 Å². The summed E-state index contributed by atoms with van der Waals surface area (Å²) in [6, 6.07) is 0. The summed E-state index contributed by atoms with van der Waals surface area (Å²) in [7, 11) is 0. The van der Waals surface area contributed by atoms with Crippen molar-refractivity contribution in [2.24, 2.45) is 0 Å². The van der Waals surface area contributed by atoms with Gasteiger partial charge in [-0.3, -0.25) is 0 Å². The van der Waals surface area contributed by atoms with E-state index in [2.05, 4.69) is 13.8 Å². The van der Waals surface area contributed by atoms with Crippen LogP contribution in [0.3, 0.4) is 0 Å². The fraction of sp³-hybridized carbons (Fsp3) is 0.944. The zero-order valence-electron chi connectivity index (χ0n) is 27.8. The number of unbranched alkanes of at least 4 members (excludes halogenated alkanes) is 22. The Kier molecular flexibility index (Phi) is 26.4. The van der Waals surface area contributed by atoms with E-state index in [4.69, 9.17) is 0 Å². The molecule has 0 spiro atoms. The zero-order valence-corrected chi connectivity index (χ0v) is 28.7. The van der Waals surface area contributed by atoms with Crippen molar-refractivity contribution in [3.05, 3.63) is 0 Å². The maximum absolute atomic E-state index is 12.4. The lowest BCUT2D eigenvalue weighted by Crippen LogP contribution is -2.53. The lowest BCUT2D eigenvalue weighted by molar-refractivity contribution is -0.310. The van der Waals surface area contributed by atoms with Crippen LogP contribution < -0.4 is 10.2 Å². The SMILES string of the molecule is CCCCCCCCCCCCCCC(CC)(SC(CC)(CCCCCCCCCCCCCC)C(=O)[O-])C(=O)[O-]. The lowest BCUT2D eigenvalue weighted by Gasteiger charge is -2.44. The second-order valence-electron chi connectivity index (χ2n) is 12.7. The first-order valence-electron chi connectivity index (χ1n) is 18.0. The van der Waals surface area contributed by atoms with Crippen LogP contribution in [0.4, 0.5) is 0 Å². The summed E-state index contributed by atoms with van der Waals surface area (Å²) in [5.41, 5.74) is 0. The molecular formula is C36H68O4S-2. The third-order valence-corrected chi connectivity index (χ3v) is 11.2. The van der Waals surface area contributed by atoms with E-state index in [1.54, 1.807) is 0 Å². The second-order valence-corrected chi connectivity index (χ2v) is 14.4. The van der Waals surface area contributed by atoms with Crippen LogP contribution in [-0.2, 0) is 9.59 Å². The molecule has 41 heavy (non-hydrogen) atoms. The molecule has 0 saturated carbocycles. The third-order valence-electron chi connectivity index (χ3n) is 9.15. The fourth-order valence-corrected chi connectivity index (χ4v) is 7.75. The van der Waals surface area contributed by atoms with Crippen molar-refractivity contribution in [1.82, 2.24) is 0 Å². The highest BCUT2D eigenvalue weighted by Gasteiger charge is 2.41. The van der Waals surface area contributed by atoms with Crippen LogP contribution in [0.15, 0.2) is 0 Å². The van der Waals surface area contributed by atoms with Crippen LogP contribution in [-0.4, -0.2) is 21.4 Å². The van der Waals surface area contributed by atoms with E-state index in [-0.39, 0.29) is 0 Å². The third kappa shape index (κ3) is 19.2. The molecule has 0 aromatic heterocycles. The first-order chi connectivity index (χ1) is 19.8. The van der Waals surface area contributed by atoms with E-state index in [1.807, 2.05) is 13.8 Å². The molecule has 0 aromatic rings. The number of hydrogen-bond donors (Lipinski definition) is 0. The Morgan fingerprint density at radius 1 is 0.415 bits per heavy atom. The highest BCUT2D eigenvalue weighted by atomic mass is 32.2. The highest BCUT2D eigenvalue weighted by molar-refractivity contribution is 8.03. The first kappa shape index (κ1) is 40.3. The summed E-state index contributed by atoms with van der Waals surface area (Å²) in [5, 5.41) is 24.9. The van der Waals surface area contributed by atoms with Crippen LogP contribution in [0.2, 0.25) is 0 Å². The largest absolute Gasteiger partial charge is 0.549 e. The van der Waals surface area contributed by atoms with Gasteiger partial charge in [-0.2, -0.15) is 0 Å².